The molecular weight excluding hydrogens is 144 g/mol. The molecule has 1 aromatic rings. The van der Waals surface area contributed by atoms with Crippen LogP contribution in [0, 0.1) is 0 Å². The van der Waals surface area contributed by atoms with Gasteiger partial charge in [0, 0.05) is 0 Å². The standard InChI is InChI=1S/C12H12/c1-2-12(11-8-9-11)10-6-4-3-5-7-10/h2-7H,1,8-9H2. The molecule has 0 radical (unpaired) electrons. The van der Waals surface area contributed by atoms with Crippen LogP contribution >= 0.6 is 0 Å². The van der Waals surface area contributed by atoms with Gasteiger partial charge in [-0.2, -0.15) is 0 Å². The van der Waals surface area contributed by atoms with Crippen molar-refractivity contribution in [2.24, 2.45) is 0 Å². The van der Waals surface area contributed by atoms with Crippen LogP contribution in [0.1, 0.15) is 18.4 Å². The van der Waals surface area contributed by atoms with Gasteiger partial charge in [0.05, 0.1) is 0 Å². The molecule has 1 fully saturated rings. The van der Waals surface area contributed by atoms with E-state index in [1.807, 2.05) is 12.1 Å². The van der Waals surface area contributed by atoms with Crippen LogP contribution in [0.3, 0.4) is 0 Å². The number of allylic oxidation sites excluding steroid dienone is 3. The number of hydrogen-bond acceptors (Lipinski definition) is 0. The summed E-state index contributed by atoms with van der Waals surface area (Å²) in [6.45, 7) is 3.84. The molecule has 2 rings (SSSR count). The lowest BCUT2D eigenvalue weighted by molar-refractivity contribution is 1.50. The van der Waals surface area contributed by atoms with Gasteiger partial charge in [0.1, 0.15) is 0 Å². The molecule has 1 aliphatic carbocycles. The molecule has 0 aliphatic heterocycles. The lowest BCUT2D eigenvalue weighted by atomic mass is 10.1. The lowest BCUT2D eigenvalue weighted by Crippen LogP contribution is -1.78. The Morgan fingerprint density at radius 2 is 1.83 bits per heavy atom. The van der Waals surface area contributed by atoms with Crippen molar-refractivity contribution in [1.82, 2.24) is 0 Å². The van der Waals surface area contributed by atoms with E-state index in [1.165, 1.54) is 24.0 Å². The lowest BCUT2D eigenvalue weighted by Gasteiger charge is -1.99. The normalized spacial score (nSPS) is 14.2. The average molecular weight is 156 g/mol. The topological polar surface area (TPSA) is 0 Å². The maximum atomic E-state index is 3.84. The van der Waals surface area contributed by atoms with E-state index >= 15 is 0 Å². The molecule has 1 aromatic carbocycles. The molecule has 0 bridgehead atoms. The Labute approximate surface area is 73.2 Å². The smallest absolute Gasteiger partial charge is 0.0185 e. The second-order valence-electron chi connectivity index (χ2n) is 3.09. The number of benzene rings is 1. The van der Waals surface area contributed by atoms with Crippen molar-refractivity contribution in [1.29, 1.82) is 0 Å². The van der Waals surface area contributed by atoms with E-state index in [0.29, 0.717) is 0 Å². The molecule has 1 aliphatic rings. The molecule has 0 spiro atoms. The quantitative estimate of drug-likeness (QED) is 0.615. The Bertz CT molecular complexity index is 311. The highest BCUT2D eigenvalue weighted by molar-refractivity contribution is 5.78. The first-order valence-corrected chi connectivity index (χ1v) is 4.31. The van der Waals surface area contributed by atoms with Crippen molar-refractivity contribution in [3.8, 4) is 0 Å². The molecule has 0 N–H and O–H groups in total. The van der Waals surface area contributed by atoms with Gasteiger partial charge in [-0.25, -0.2) is 0 Å². The minimum atomic E-state index is 1.26. The summed E-state index contributed by atoms with van der Waals surface area (Å²) in [6.07, 6.45) is 4.49. The van der Waals surface area contributed by atoms with Gasteiger partial charge in [0.2, 0.25) is 0 Å². The summed E-state index contributed by atoms with van der Waals surface area (Å²) in [5.41, 5.74) is 4.20. The molecule has 0 aromatic heterocycles. The predicted molar refractivity (Wildman–Crippen MR) is 52.8 cm³/mol. The Kier molecular flexibility index (Phi) is 1.83. The van der Waals surface area contributed by atoms with E-state index in [-0.39, 0.29) is 0 Å². The third kappa shape index (κ3) is 1.33. The first-order valence-electron chi connectivity index (χ1n) is 4.31. The summed E-state index contributed by atoms with van der Waals surface area (Å²) in [5.74, 6) is 0. The van der Waals surface area contributed by atoms with E-state index in [9.17, 15) is 0 Å². The monoisotopic (exact) mass is 156 g/mol. The summed E-state index contributed by atoms with van der Waals surface area (Å²) in [5, 5.41) is 0. The Morgan fingerprint density at radius 1 is 1.17 bits per heavy atom. The number of hydrogen-bond donors (Lipinski definition) is 0. The Hall–Kier alpha value is -1.30. The van der Waals surface area contributed by atoms with Gasteiger partial charge in [-0.3, -0.25) is 0 Å². The molecule has 0 nitrogen and oxygen atoms in total. The van der Waals surface area contributed by atoms with Gasteiger partial charge in [-0.1, -0.05) is 48.6 Å². The summed E-state index contributed by atoms with van der Waals surface area (Å²) in [7, 11) is 0. The van der Waals surface area contributed by atoms with Crippen LogP contribution in [0.2, 0.25) is 0 Å². The van der Waals surface area contributed by atoms with Gasteiger partial charge in [0.25, 0.3) is 0 Å². The minimum absolute atomic E-state index is 1.26. The Balaban J connectivity index is 2.41. The fourth-order valence-electron chi connectivity index (χ4n) is 1.42. The van der Waals surface area contributed by atoms with Crippen LogP contribution in [-0.2, 0) is 0 Å². The van der Waals surface area contributed by atoms with Gasteiger partial charge < -0.3 is 0 Å². The molecule has 0 saturated heterocycles. The molecule has 0 heteroatoms. The first-order chi connectivity index (χ1) is 5.92. The van der Waals surface area contributed by atoms with E-state index in [4.69, 9.17) is 0 Å². The highest BCUT2D eigenvalue weighted by atomic mass is 14.2. The van der Waals surface area contributed by atoms with E-state index in [2.05, 4.69) is 30.8 Å². The third-order valence-electron chi connectivity index (χ3n) is 2.17. The second kappa shape index (κ2) is 2.98. The summed E-state index contributed by atoms with van der Waals surface area (Å²) in [6, 6.07) is 10.5. The van der Waals surface area contributed by atoms with Crippen molar-refractivity contribution >= 4 is 5.57 Å². The van der Waals surface area contributed by atoms with Crippen LogP contribution in [0.15, 0.2) is 48.6 Å². The van der Waals surface area contributed by atoms with Gasteiger partial charge >= 0.3 is 0 Å². The zero-order valence-electron chi connectivity index (χ0n) is 7.09. The molecule has 12 heavy (non-hydrogen) atoms. The molecule has 0 unspecified atom stereocenters. The van der Waals surface area contributed by atoms with E-state index < -0.39 is 0 Å². The van der Waals surface area contributed by atoms with Crippen LogP contribution < -0.4 is 0 Å². The zero-order valence-corrected chi connectivity index (χ0v) is 7.09. The molecular formula is C12H12. The predicted octanol–water partition coefficient (Wildman–Crippen LogP) is 3.42. The van der Waals surface area contributed by atoms with Crippen molar-refractivity contribution in [2.45, 2.75) is 12.8 Å². The van der Waals surface area contributed by atoms with Crippen molar-refractivity contribution in [2.75, 3.05) is 0 Å². The van der Waals surface area contributed by atoms with Gasteiger partial charge in [-0.05, 0) is 24.0 Å². The average Bonchev–Trinajstić information content (AvgIpc) is 2.92. The summed E-state index contributed by atoms with van der Waals surface area (Å²) in [4.78, 5) is 0. The largest absolute Gasteiger partial charge is 0.0984 e. The fraction of sp³-hybridized carbons (Fsp3) is 0.167. The SMILES string of the molecule is C=CC(=C1CC1)c1ccccc1. The summed E-state index contributed by atoms with van der Waals surface area (Å²) >= 11 is 0. The molecule has 0 atom stereocenters. The van der Waals surface area contributed by atoms with Crippen molar-refractivity contribution < 1.29 is 0 Å². The number of rotatable bonds is 2. The van der Waals surface area contributed by atoms with Crippen LogP contribution in [-0.4, -0.2) is 0 Å². The van der Waals surface area contributed by atoms with E-state index in [1.54, 1.807) is 5.57 Å². The van der Waals surface area contributed by atoms with Crippen molar-refractivity contribution in [3.63, 3.8) is 0 Å². The van der Waals surface area contributed by atoms with Crippen LogP contribution in [0.25, 0.3) is 5.57 Å². The van der Waals surface area contributed by atoms with Gasteiger partial charge in [-0.15, -0.1) is 0 Å². The Morgan fingerprint density at radius 3 is 2.33 bits per heavy atom. The molecule has 60 valence electrons. The van der Waals surface area contributed by atoms with Gasteiger partial charge in [0.15, 0.2) is 0 Å². The zero-order chi connectivity index (χ0) is 8.39. The van der Waals surface area contributed by atoms with Crippen LogP contribution in [0.4, 0.5) is 0 Å². The third-order valence-corrected chi connectivity index (χ3v) is 2.17. The first kappa shape index (κ1) is 7.35. The molecule has 0 heterocycles. The highest BCUT2D eigenvalue weighted by Crippen LogP contribution is 2.36. The molecule has 1 saturated carbocycles. The van der Waals surface area contributed by atoms with Crippen molar-refractivity contribution in [3.05, 3.63) is 54.1 Å². The maximum absolute atomic E-state index is 3.84. The summed E-state index contributed by atoms with van der Waals surface area (Å²) < 4.78 is 0. The molecule has 0 amide bonds. The van der Waals surface area contributed by atoms with E-state index in [0.717, 1.165) is 0 Å². The minimum Gasteiger partial charge on any atom is -0.0984 e. The van der Waals surface area contributed by atoms with Crippen LogP contribution in [0.5, 0.6) is 0 Å². The highest BCUT2D eigenvalue weighted by Gasteiger charge is 2.16. The maximum Gasteiger partial charge on any atom is -0.0185 e. The second-order valence-corrected chi connectivity index (χ2v) is 3.09. The fourth-order valence-corrected chi connectivity index (χ4v) is 1.42.